The molecule has 0 saturated carbocycles. The fourth-order valence-electron chi connectivity index (χ4n) is 1.65. The minimum Gasteiger partial charge on any atom is -0.364 e. The maximum absolute atomic E-state index is 10.9. The van der Waals surface area contributed by atoms with Crippen LogP contribution in [0.1, 0.15) is 11.5 Å². The maximum atomic E-state index is 10.9. The summed E-state index contributed by atoms with van der Waals surface area (Å²) in [5.74, 6) is 1.09. The molecule has 2 aromatic heterocycles. The molecule has 0 bridgehead atoms. The van der Waals surface area contributed by atoms with Crippen molar-refractivity contribution in [1.29, 1.82) is 0 Å². The number of hydrogen-bond acceptors (Lipinski definition) is 6. The Balaban J connectivity index is 2.05. The van der Waals surface area contributed by atoms with E-state index in [0.717, 1.165) is 11.5 Å². The molecule has 0 aliphatic heterocycles. The summed E-state index contributed by atoms with van der Waals surface area (Å²) < 4.78 is 1.81. The summed E-state index contributed by atoms with van der Waals surface area (Å²) in [5.41, 5.74) is 0.704. The van der Waals surface area contributed by atoms with Gasteiger partial charge in [-0.25, -0.2) is 4.98 Å². The third-order valence-electron chi connectivity index (χ3n) is 2.66. The van der Waals surface area contributed by atoms with Gasteiger partial charge in [0.15, 0.2) is 0 Å². The summed E-state index contributed by atoms with van der Waals surface area (Å²) in [5, 5.41) is 21.6. The van der Waals surface area contributed by atoms with E-state index in [1.165, 1.54) is 6.07 Å². The van der Waals surface area contributed by atoms with Gasteiger partial charge in [0.05, 0.1) is 4.92 Å². The van der Waals surface area contributed by atoms with Crippen LogP contribution < -0.4 is 5.32 Å². The molecular formula is C11H14N6O2. The highest BCUT2D eigenvalue weighted by Gasteiger charge is 2.14. The van der Waals surface area contributed by atoms with Crippen molar-refractivity contribution >= 4 is 11.5 Å². The fraction of sp³-hybridized carbons (Fsp3) is 0.364. The van der Waals surface area contributed by atoms with E-state index in [1.807, 2.05) is 7.05 Å². The third kappa shape index (κ3) is 3.03. The first kappa shape index (κ1) is 12.9. The molecule has 0 unspecified atom stereocenters. The molecule has 0 aromatic carbocycles. The van der Waals surface area contributed by atoms with Gasteiger partial charge in [0.25, 0.3) is 0 Å². The minimum absolute atomic E-state index is 0.0245. The maximum Gasteiger partial charge on any atom is 0.311 e. The summed E-state index contributed by atoms with van der Waals surface area (Å²) in [7, 11) is 1.85. The van der Waals surface area contributed by atoms with E-state index in [4.69, 9.17) is 0 Å². The zero-order valence-electron chi connectivity index (χ0n) is 10.7. The Hall–Kier alpha value is -2.51. The number of aromatic nitrogens is 4. The van der Waals surface area contributed by atoms with Gasteiger partial charge in [0.1, 0.15) is 12.2 Å². The molecule has 0 aliphatic rings. The van der Waals surface area contributed by atoms with Crippen LogP contribution in [0.2, 0.25) is 0 Å². The Bertz CT molecular complexity index is 595. The Kier molecular flexibility index (Phi) is 3.69. The molecule has 0 aliphatic carbocycles. The van der Waals surface area contributed by atoms with E-state index >= 15 is 0 Å². The highest BCUT2D eigenvalue weighted by atomic mass is 16.6. The van der Waals surface area contributed by atoms with Crippen molar-refractivity contribution in [3.63, 3.8) is 0 Å². The lowest BCUT2D eigenvalue weighted by Crippen LogP contribution is -2.11. The number of anilines is 1. The van der Waals surface area contributed by atoms with Gasteiger partial charge in [-0.2, -0.15) is 0 Å². The molecule has 0 atom stereocenters. The number of nitro groups is 1. The topological polar surface area (TPSA) is 98.8 Å². The van der Waals surface area contributed by atoms with Crippen LogP contribution in [-0.4, -0.2) is 31.2 Å². The SMILES string of the molecule is Cc1ccc([N+](=O)[O-])c(NCCc2nncn2C)n1. The van der Waals surface area contributed by atoms with Crippen molar-refractivity contribution in [2.24, 2.45) is 7.05 Å². The van der Waals surface area contributed by atoms with Crippen molar-refractivity contribution < 1.29 is 4.92 Å². The first-order valence-corrected chi connectivity index (χ1v) is 5.76. The minimum atomic E-state index is -0.447. The summed E-state index contributed by atoms with van der Waals surface area (Å²) in [6.45, 7) is 2.29. The highest BCUT2D eigenvalue weighted by Crippen LogP contribution is 2.21. The summed E-state index contributed by atoms with van der Waals surface area (Å²) in [6.07, 6.45) is 2.23. The second-order valence-corrected chi connectivity index (χ2v) is 4.11. The molecule has 0 fully saturated rings. The molecule has 0 spiro atoms. The van der Waals surface area contributed by atoms with Gasteiger partial charge in [-0.1, -0.05) is 0 Å². The van der Waals surface area contributed by atoms with Crippen LogP contribution in [0.15, 0.2) is 18.5 Å². The van der Waals surface area contributed by atoms with Gasteiger partial charge in [0.2, 0.25) is 5.82 Å². The molecule has 1 N–H and O–H groups in total. The number of nitrogens with one attached hydrogen (secondary N) is 1. The van der Waals surface area contributed by atoms with E-state index < -0.39 is 4.92 Å². The smallest absolute Gasteiger partial charge is 0.311 e. The third-order valence-corrected chi connectivity index (χ3v) is 2.66. The first-order chi connectivity index (χ1) is 9.08. The second-order valence-electron chi connectivity index (χ2n) is 4.11. The molecule has 2 heterocycles. The zero-order chi connectivity index (χ0) is 13.8. The fourth-order valence-corrected chi connectivity index (χ4v) is 1.65. The number of aryl methyl sites for hydroxylation is 2. The predicted molar refractivity (Wildman–Crippen MR) is 68.8 cm³/mol. The van der Waals surface area contributed by atoms with Crippen LogP contribution in [0, 0.1) is 17.0 Å². The molecule has 8 nitrogen and oxygen atoms in total. The van der Waals surface area contributed by atoms with Gasteiger partial charge < -0.3 is 9.88 Å². The van der Waals surface area contributed by atoms with Crippen LogP contribution in [0.25, 0.3) is 0 Å². The normalized spacial score (nSPS) is 10.4. The first-order valence-electron chi connectivity index (χ1n) is 5.76. The summed E-state index contributed by atoms with van der Waals surface area (Å²) in [6, 6.07) is 3.07. The van der Waals surface area contributed by atoms with Crippen LogP contribution in [-0.2, 0) is 13.5 Å². The quantitative estimate of drug-likeness (QED) is 0.639. The number of rotatable bonds is 5. The van der Waals surface area contributed by atoms with Crippen LogP contribution in [0.3, 0.4) is 0 Å². The van der Waals surface area contributed by atoms with Crippen molar-refractivity contribution in [1.82, 2.24) is 19.7 Å². The van der Waals surface area contributed by atoms with Crippen LogP contribution in [0.4, 0.5) is 11.5 Å². The van der Waals surface area contributed by atoms with E-state index in [0.29, 0.717) is 13.0 Å². The lowest BCUT2D eigenvalue weighted by molar-refractivity contribution is -0.384. The number of nitrogens with zero attached hydrogens (tertiary/aromatic N) is 5. The van der Waals surface area contributed by atoms with E-state index in [-0.39, 0.29) is 11.5 Å². The van der Waals surface area contributed by atoms with Crippen LogP contribution >= 0.6 is 0 Å². The van der Waals surface area contributed by atoms with Gasteiger partial charge >= 0.3 is 5.69 Å². The Morgan fingerprint density at radius 1 is 1.47 bits per heavy atom. The standard InChI is InChI=1S/C11H14N6O2/c1-8-3-4-9(17(18)19)11(14-8)12-6-5-10-15-13-7-16(10)2/h3-4,7H,5-6H2,1-2H3,(H,12,14). The molecule has 0 radical (unpaired) electrons. The van der Waals surface area contributed by atoms with Crippen molar-refractivity contribution in [3.05, 3.63) is 40.1 Å². The van der Waals surface area contributed by atoms with E-state index in [1.54, 1.807) is 23.9 Å². The average molecular weight is 262 g/mol. The molecule has 0 saturated heterocycles. The second kappa shape index (κ2) is 5.42. The highest BCUT2D eigenvalue weighted by molar-refractivity contribution is 5.56. The Morgan fingerprint density at radius 2 is 2.26 bits per heavy atom. The van der Waals surface area contributed by atoms with Crippen molar-refractivity contribution in [3.8, 4) is 0 Å². The molecule has 100 valence electrons. The summed E-state index contributed by atoms with van der Waals surface area (Å²) in [4.78, 5) is 14.6. The van der Waals surface area contributed by atoms with Gasteiger partial charge in [-0.3, -0.25) is 10.1 Å². The monoisotopic (exact) mass is 262 g/mol. The Morgan fingerprint density at radius 3 is 2.89 bits per heavy atom. The largest absolute Gasteiger partial charge is 0.364 e. The molecular weight excluding hydrogens is 248 g/mol. The zero-order valence-corrected chi connectivity index (χ0v) is 10.7. The van der Waals surface area contributed by atoms with Crippen molar-refractivity contribution in [2.45, 2.75) is 13.3 Å². The molecule has 0 amide bonds. The summed E-state index contributed by atoms with van der Waals surface area (Å²) >= 11 is 0. The predicted octanol–water partition coefficient (Wildman–Crippen LogP) is 1.08. The van der Waals surface area contributed by atoms with Gasteiger partial charge in [-0.05, 0) is 13.0 Å². The van der Waals surface area contributed by atoms with E-state index in [9.17, 15) is 10.1 Å². The van der Waals surface area contributed by atoms with Crippen molar-refractivity contribution in [2.75, 3.05) is 11.9 Å². The average Bonchev–Trinajstić information content (AvgIpc) is 2.75. The van der Waals surface area contributed by atoms with Crippen LogP contribution in [0.5, 0.6) is 0 Å². The molecule has 8 heteroatoms. The Labute approximate surface area is 109 Å². The van der Waals surface area contributed by atoms with Gasteiger partial charge in [0, 0.05) is 31.8 Å². The van der Waals surface area contributed by atoms with Gasteiger partial charge in [-0.15, -0.1) is 10.2 Å². The molecule has 19 heavy (non-hydrogen) atoms. The van der Waals surface area contributed by atoms with E-state index in [2.05, 4.69) is 20.5 Å². The molecule has 2 rings (SSSR count). The lowest BCUT2D eigenvalue weighted by Gasteiger charge is -2.06. The molecule has 2 aromatic rings. The lowest BCUT2D eigenvalue weighted by atomic mass is 10.3. The number of pyridine rings is 1. The number of hydrogen-bond donors (Lipinski definition) is 1.